The van der Waals surface area contributed by atoms with Gasteiger partial charge in [-0.2, -0.15) is 0 Å². The van der Waals surface area contributed by atoms with Crippen LogP contribution >= 0.6 is 0 Å². The van der Waals surface area contributed by atoms with Crippen molar-refractivity contribution in [1.82, 2.24) is 4.90 Å². The second-order valence-electron chi connectivity index (χ2n) is 6.73. The van der Waals surface area contributed by atoms with Crippen molar-refractivity contribution in [2.24, 2.45) is 0 Å². The van der Waals surface area contributed by atoms with Crippen LogP contribution in [0.5, 0.6) is 0 Å². The van der Waals surface area contributed by atoms with E-state index in [1.54, 1.807) is 35.2 Å². The fourth-order valence-corrected chi connectivity index (χ4v) is 3.44. The summed E-state index contributed by atoms with van der Waals surface area (Å²) in [6.07, 6.45) is 1.72. The van der Waals surface area contributed by atoms with Crippen LogP contribution in [-0.4, -0.2) is 29.9 Å². The number of hydrogen-bond donors (Lipinski definition) is 1. The summed E-state index contributed by atoms with van der Waals surface area (Å²) in [6.45, 7) is 1.06. The second kappa shape index (κ2) is 7.23. The first-order valence-electron chi connectivity index (χ1n) is 8.94. The lowest BCUT2D eigenvalue weighted by atomic mass is 10.0. The lowest BCUT2D eigenvalue weighted by Crippen LogP contribution is -2.46. The SMILES string of the molecule is O=C(c1cc2ccccc2oc1=O)N1CCCC(Nc2ccc(F)cc2)C1. The number of likely N-dealkylation sites (tertiary alicyclic amines) is 1. The Balaban J connectivity index is 1.52. The maximum atomic E-state index is 13.1. The van der Waals surface area contributed by atoms with Gasteiger partial charge in [-0.1, -0.05) is 18.2 Å². The van der Waals surface area contributed by atoms with Crippen LogP contribution in [0.3, 0.4) is 0 Å². The predicted octanol–water partition coefficient (Wildman–Crippen LogP) is 3.65. The molecular formula is C21H19FN2O3. The van der Waals surface area contributed by atoms with Gasteiger partial charge >= 0.3 is 5.63 Å². The van der Waals surface area contributed by atoms with Crippen molar-refractivity contribution >= 4 is 22.6 Å². The minimum atomic E-state index is -0.618. The normalized spacial score (nSPS) is 17.1. The molecule has 0 radical (unpaired) electrons. The first kappa shape index (κ1) is 17.3. The molecule has 0 bridgehead atoms. The highest BCUT2D eigenvalue weighted by molar-refractivity contribution is 5.96. The van der Waals surface area contributed by atoms with Crippen LogP contribution in [0.15, 0.2) is 63.8 Å². The average molecular weight is 366 g/mol. The Kier molecular flexibility index (Phi) is 4.62. The topological polar surface area (TPSA) is 62.6 Å². The van der Waals surface area contributed by atoms with Crippen molar-refractivity contribution in [3.63, 3.8) is 0 Å². The highest BCUT2D eigenvalue weighted by Crippen LogP contribution is 2.19. The molecule has 0 aliphatic carbocycles. The molecule has 0 spiro atoms. The predicted molar refractivity (Wildman–Crippen MR) is 101 cm³/mol. The number of nitrogens with zero attached hydrogens (tertiary/aromatic N) is 1. The van der Waals surface area contributed by atoms with Crippen LogP contribution in [0.1, 0.15) is 23.2 Å². The zero-order chi connectivity index (χ0) is 18.8. The Morgan fingerprint density at radius 2 is 1.93 bits per heavy atom. The van der Waals surface area contributed by atoms with E-state index in [1.165, 1.54) is 12.1 Å². The molecule has 138 valence electrons. The summed E-state index contributed by atoms with van der Waals surface area (Å²) in [5.74, 6) is -0.607. The number of benzene rings is 2. The molecule has 1 N–H and O–H groups in total. The Labute approximate surface area is 155 Å². The number of fused-ring (bicyclic) bond motifs is 1. The number of halogens is 1. The number of para-hydroxylation sites is 1. The van der Waals surface area contributed by atoms with Gasteiger partial charge in [0.2, 0.25) is 0 Å². The third kappa shape index (κ3) is 3.69. The minimum absolute atomic E-state index is 0.0423. The third-order valence-corrected chi connectivity index (χ3v) is 4.80. The first-order valence-corrected chi connectivity index (χ1v) is 8.94. The van der Waals surface area contributed by atoms with Crippen LogP contribution in [0.4, 0.5) is 10.1 Å². The van der Waals surface area contributed by atoms with Crippen LogP contribution < -0.4 is 10.9 Å². The number of rotatable bonds is 3. The summed E-state index contributed by atoms with van der Waals surface area (Å²) in [5.41, 5.74) is 0.706. The Morgan fingerprint density at radius 3 is 2.74 bits per heavy atom. The second-order valence-corrected chi connectivity index (χ2v) is 6.73. The number of carbonyl (C=O) groups excluding carboxylic acids is 1. The van der Waals surface area contributed by atoms with Crippen LogP contribution in [0.25, 0.3) is 11.0 Å². The molecule has 1 fully saturated rings. The van der Waals surface area contributed by atoms with Gasteiger partial charge < -0.3 is 14.6 Å². The third-order valence-electron chi connectivity index (χ3n) is 4.80. The lowest BCUT2D eigenvalue weighted by molar-refractivity contribution is 0.0710. The van der Waals surface area contributed by atoms with Crippen molar-refractivity contribution in [2.45, 2.75) is 18.9 Å². The van der Waals surface area contributed by atoms with Crippen LogP contribution in [-0.2, 0) is 0 Å². The van der Waals surface area contributed by atoms with Crippen molar-refractivity contribution in [2.75, 3.05) is 18.4 Å². The summed E-state index contributed by atoms with van der Waals surface area (Å²) >= 11 is 0. The molecule has 3 aromatic rings. The molecule has 1 aromatic heterocycles. The highest BCUT2D eigenvalue weighted by atomic mass is 19.1. The van der Waals surface area contributed by atoms with Gasteiger partial charge in [-0.25, -0.2) is 9.18 Å². The summed E-state index contributed by atoms with van der Waals surface area (Å²) in [4.78, 5) is 26.8. The van der Waals surface area contributed by atoms with Gasteiger partial charge in [-0.3, -0.25) is 4.79 Å². The zero-order valence-corrected chi connectivity index (χ0v) is 14.7. The van der Waals surface area contributed by atoms with E-state index < -0.39 is 5.63 Å². The fourth-order valence-electron chi connectivity index (χ4n) is 3.44. The molecule has 1 unspecified atom stereocenters. The maximum Gasteiger partial charge on any atom is 0.349 e. The van der Waals surface area contributed by atoms with Crippen molar-refractivity contribution in [1.29, 1.82) is 0 Å². The first-order chi connectivity index (χ1) is 13.1. The van der Waals surface area contributed by atoms with Gasteiger partial charge in [0.15, 0.2) is 0 Å². The van der Waals surface area contributed by atoms with E-state index >= 15 is 0 Å². The molecule has 1 atom stereocenters. The van der Waals surface area contributed by atoms with Crippen molar-refractivity contribution in [3.8, 4) is 0 Å². The number of anilines is 1. The lowest BCUT2D eigenvalue weighted by Gasteiger charge is -2.33. The molecule has 6 heteroatoms. The monoisotopic (exact) mass is 366 g/mol. The number of piperidine rings is 1. The molecule has 1 amide bonds. The van der Waals surface area contributed by atoms with Gasteiger partial charge in [0.05, 0.1) is 0 Å². The van der Waals surface area contributed by atoms with Crippen molar-refractivity contribution < 1.29 is 13.6 Å². The van der Waals surface area contributed by atoms with Gasteiger partial charge in [-0.05, 0) is 49.2 Å². The maximum absolute atomic E-state index is 13.1. The Hall–Kier alpha value is -3.15. The smallest absolute Gasteiger partial charge is 0.349 e. The number of hydrogen-bond acceptors (Lipinski definition) is 4. The Bertz CT molecular complexity index is 1030. The van der Waals surface area contributed by atoms with Gasteiger partial charge in [0, 0.05) is 30.2 Å². The van der Waals surface area contributed by atoms with E-state index in [9.17, 15) is 14.0 Å². The molecule has 4 rings (SSSR count). The Morgan fingerprint density at radius 1 is 1.15 bits per heavy atom. The standard InChI is InChI=1S/C21H19FN2O3/c22-15-7-9-16(10-8-15)23-17-5-3-11-24(13-17)20(25)18-12-14-4-1-2-6-19(14)27-21(18)26/h1-2,4,6-10,12,17,23H,3,5,11,13H2. The molecular weight excluding hydrogens is 347 g/mol. The fraction of sp³-hybridized carbons (Fsp3) is 0.238. The molecule has 0 saturated carbocycles. The molecule has 1 saturated heterocycles. The van der Waals surface area contributed by atoms with Crippen LogP contribution in [0.2, 0.25) is 0 Å². The molecule has 27 heavy (non-hydrogen) atoms. The summed E-state index contributed by atoms with van der Waals surface area (Å²) in [7, 11) is 0. The summed E-state index contributed by atoms with van der Waals surface area (Å²) in [6, 6.07) is 14.9. The van der Waals surface area contributed by atoms with Crippen molar-refractivity contribution in [3.05, 3.63) is 76.4 Å². The molecule has 1 aliphatic rings. The molecule has 1 aliphatic heterocycles. The summed E-state index contributed by atoms with van der Waals surface area (Å²) < 4.78 is 18.3. The van der Waals surface area contributed by atoms with E-state index in [2.05, 4.69) is 5.32 Å². The molecule has 2 heterocycles. The van der Waals surface area contributed by atoms with E-state index in [4.69, 9.17) is 4.42 Å². The number of amides is 1. The molecule has 2 aromatic carbocycles. The minimum Gasteiger partial charge on any atom is -0.422 e. The van der Waals surface area contributed by atoms with E-state index in [0.29, 0.717) is 18.7 Å². The highest BCUT2D eigenvalue weighted by Gasteiger charge is 2.26. The average Bonchev–Trinajstić information content (AvgIpc) is 2.69. The summed E-state index contributed by atoms with van der Waals surface area (Å²) in [5, 5.41) is 4.05. The van der Waals surface area contributed by atoms with E-state index in [-0.39, 0.29) is 23.3 Å². The molecule has 5 nitrogen and oxygen atoms in total. The number of carbonyl (C=O) groups is 1. The van der Waals surface area contributed by atoms with Crippen LogP contribution in [0, 0.1) is 5.82 Å². The van der Waals surface area contributed by atoms with Gasteiger partial charge in [-0.15, -0.1) is 0 Å². The van der Waals surface area contributed by atoms with Gasteiger partial charge in [0.25, 0.3) is 5.91 Å². The van der Waals surface area contributed by atoms with E-state index in [1.807, 2.05) is 12.1 Å². The largest absolute Gasteiger partial charge is 0.422 e. The van der Waals surface area contributed by atoms with E-state index in [0.717, 1.165) is 23.9 Å². The zero-order valence-electron chi connectivity index (χ0n) is 14.7. The quantitative estimate of drug-likeness (QED) is 0.719. The number of nitrogens with one attached hydrogen (secondary N) is 1. The van der Waals surface area contributed by atoms with Gasteiger partial charge in [0.1, 0.15) is 17.0 Å².